The SMILES string of the molecule is C=Cc1c(C(C)/C=C\CC)c2cc3ccccc3cc2n1-c1cc2c(oc3cccc(-c4nc(-c5ccccc5)nc(C56C=CC=C(C5)SC(=C)/C=C\C=C6)n4)c32)c2ccccc12. The Morgan fingerprint density at radius 2 is 1.56 bits per heavy atom. The number of aromatic nitrogens is 4. The molecule has 4 heterocycles. The first-order valence-electron chi connectivity index (χ1n) is 21.6. The summed E-state index contributed by atoms with van der Waals surface area (Å²) in [5.74, 6) is 2.05. The Balaban J connectivity index is 1.20. The Morgan fingerprint density at radius 1 is 0.794 bits per heavy atom. The van der Waals surface area contributed by atoms with Crippen molar-refractivity contribution in [2.24, 2.45) is 0 Å². The van der Waals surface area contributed by atoms with Crippen LogP contribution >= 0.6 is 11.8 Å². The molecule has 5 nitrogen and oxygen atoms in total. The highest BCUT2D eigenvalue weighted by molar-refractivity contribution is 8.06. The highest BCUT2D eigenvalue weighted by atomic mass is 32.2. The van der Waals surface area contributed by atoms with E-state index in [1.54, 1.807) is 11.8 Å². The van der Waals surface area contributed by atoms with Crippen molar-refractivity contribution in [3.05, 3.63) is 210 Å². The van der Waals surface area contributed by atoms with Gasteiger partial charge in [-0.05, 0) is 70.5 Å². The van der Waals surface area contributed by atoms with E-state index in [2.05, 4.69) is 171 Å². The molecule has 0 N–H and O–H groups in total. The van der Waals surface area contributed by atoms with Crippen molar-refractivity contribution in [3.8, 4) is 28.5 Å². The Labute approximate surface area is 370 Å². The third-order valence-corrected chi connectivity index (χ3v) is 13.4. The van der Waals surface area contributed by atoms with Crippen molar-refractivity contribution in [2.45, 2.75) is 38.0 Å². The molecular weight excluding hydrogens is 789 g/mol. The molecule has 11 rings (SSSR count). The lowest BCUT2D eigenvalue weighted by molar-refractivity contribution is 0.615. The summed E-state index contributed by atoms with van der Waals surface area (Å²) in [6.07, 6.45) is 23.2. The number of benzene rings is 6. The summed E-state index contributed by atoms with van der Waals surface area (Å²) in [6.45, 7) is 13.2. The van der Waals surface area contributed by atoms with E-state index in [1.807, 2.05) is 36.4 Å². The predicted octanol–water partition coefficient (Wildman–Crippen LogP) is 15.5. The number of fused-ring (bicyclic) bond motifs is 9. The van der Waals surface area contributed by atoms with E-state index in [1.165, 1.54) is 26.6 Å². The fraction of sp³-hybridized carbons (Fsp3) is 0.105. The van der Waals surface area contributed by atoms with Gasteiger partial charge in [-0.15, -0.1) is 0 Å². The number of rotatable bonds is 8. The van der Waals surface area contributed by atoms with Crippen molar-refractivity contribution in [1.29, 1.82) is 0 Å². The lowest BCUT2D eigenvalue weighted by Crippen LogP contribution is -2.27. The summed E-state index contributed by atoms with van der Waals surface area (Å²) in [5.41, 5.74) is 7.30. The standard InChI is InChI=1S/C57H44N4OS/c1-5-7-19-36(3)51-45-32-39-23-11-12-24-40(39)33-48(45)61(47(51)6-2)49-34-46-52-44(28-17-29-50(52)62-53(46)43-27-14-13-26-42(43)49)55-58-54(38-21-9-8-10-22-38)59-56(60-55)57-30-16-15-20-37(4)63-41(35-57)25-18-31-57/h6-34,36H,2,4-5,35H2,1,3H3/b19-7-,20-15-,30-16?. The predicted molar refractivity (Wildman–Crippen MR) is 266 cm³/mol. The van der Waals surface area contributed by atoms with Gasteiger partial charge in [-0.3, -0.25) is 0 Å². The normalized spacial score (nSPS) is 17.4. The minimum Gasteiger partial charge on any atom is -0.455 e. The molecule has 6 heteroatoms. The number of allylic oxidation sites excluding steroid dienone is 10. The molecule has 0 saturated heterocycles. The summed E-state index contributed by atoms with van der Waals surface area (Å²) in [7, 11) is 0. The first-order valence-corrected chi connectivity index (χ1v) is 22.4. The van der Waals surface area contributed by atoms with Gasteiger partial charge in [-0.25, -0.2) is 15.0 Å². The van der Waals surface area contributed by atoms with Crippen LogP contribution in [0.2, 0.25) is 0 Å². The van der Waals surface area contributed by atoms with Crippen LogP contribution in [0.3, 0.4) is 0 Å². The minimum absolute atomic E-state index is 0.159. The first kappa shape index (κ1) is 38.6. The molecule has 63 heavy (non-hydrogen) atoms. The molecule has 2 unspecified atom stereocenters. The van der Waals surface area contributed by atoms with Crippen LogP contribution in [-0.4, -0.2) is 19.5 Å². The van der Waals surface area contributed by atoms with Gasteiger partial charge in [0.05, 0.1) is 22.3 Å². The van der Waals surface area contributed by atoms with Gasteiger partial charge in [0.1, 0.15) is 17.0 Å². The van der Waals surface area contributed by atoms with Crippen LogP contribution in [0.25, 0.3) is 88.9 Å². The van der Waals surface area contributed by atoms with Crippen molar-refractivity contribution < 1.29 is 4.42 Å². The Bertz CT molecular complexity index is 3510. The molecule has 0 spiro atoms. The van der Waals surface area contributed by atoms with Crippen LogP contribution in [-0.2, 0) is 5.41 Å². The van der Waals surface area contributed by atoms with Crippen LogP contribution in [0, 0.1) is 0 Å². The smallest absolute Gasteiger partial charge is 0.164 e. The van der Waals surface area contributed by atoms with Crippen molar-refractivity contribution >= 4 is 72.2 Å². The molecule has 0 saturated carbocycles. The maximum Gasteiger partial charge on any atom is 0.164 e. The number of hydrogen-bond donors (Lipinski definition) is 0. The van der Waals surface area contributed by atoms with E-state index in [0.717, 1.165) is 72.1 Å². The van der Waals surface area contributed by atoms with Gasteiger partial charge in [-0.2, -0.15) is 0 Å². The third kappa shape index (κ3) is 6.52. The summed E-state index contributed by atoms with van der Waals surface area (Å²) in [4.78, 5) is 18.2. The molecule has 0 radical (unpaired) electrons. The van der Waals surface area contributed by atoms with Gasteiger partial charge in [0, 0.05) is 48.9 Å². The van der Waals surface area contributed by atoms with Crippen molar-refractivity contribution in [1.82, 2.24) is 19.5 Å². The molecule has 2 atom stereocenters. The number of thioether (sulfide) groups is 1. The lowest BCUT2D eigenvalue weighted by atomic mass is 9.80. The molecule has 0 fully saturated rings. The maximum absolute atomic E-state index is 6.93. The van der Waals surface area contributed by atoms with E-state index in [0.29, 0.717) is 23.9 Å². The fourth-order valence-corrected chi connectivity index (χ4v) is 10.5. The van der Waals surface area contributed by atoms with Crippen LogP contribution in [0.1, 0.15) is 49.7 Å². The molecule has 1 aliphatic heterocycles. The third-order valence-electron chi connectivity index (χ3n) is 12.5. The van der Waals surface area contributed by atoms with Crippen molar-refractivity contribution in [2.75, 3.05) is 0 Å². The summed E-state index contributed by atoms with van der Waals surface area (Å²) >= 11 is 1.69. The fourth-order valence-electron chi connectivity index (χ4n) is 9.55. The van der Waals surface area contributed by atoms with E-state index in [9.17, 15) is 0 Å². The van der Waals surface area contributed by atoms with Crippen LogP contribution < -0.4 is 0 Å². The number of nitrogens with zero attached hydrogens (tertiary/aromatic N) is 4. The molecule has 6 aromatic carbocycles. The van der Waals surface area contributed by atoms with Gasteiger partial charge in [-0.1, -0.05) is 178 Å². The topological polar surface area (TPSA) is 56.7 Å². The molecule has 9 aromatic rings. The molecule has 0 amide bonds. The van der Waals surface area contributed by atoms with E-state index >= 15 is 0 Å². The second-order valence-electron chi connectivity index (χ2n) is 16.4. The van der Waals surface area contributed by atoms with Gasteiger partial charge in [0.2, 0.25) is 0 Å². The molecule has 2 aliphatic rings. The van der Waals surface area contributed by atoms with Crippen LogP contribution in [0.5, 0.6) is 0 Å². The van der Waals surface area contributed by atoms with Gasteiger partial charge in [0.25, 0.3) is 0 Å². The Kier molecular flexibility index (Phi) is 9.54. The molecular formula is C57H44N4OS. The maximum atomic E-state index is 6.93. The van der Waals surface area contributed by atoms with Gasteiger partial charge < -0.3 is 8.98 Å². The summed E-state index contributed by atoms with van der Waals surface area (Å²) in [5, 5.41) is 7.67. The van der Waals surface area contributed by atoms with Gasteiger partial charge in [0.15, 0.2) is 11.6 Å². The zero-order chi connectivity index (χ0) is 42.7. The summed E-state index contributed by atoms with van der Waals surface area (Å²) in [6, 6.07) is 40.6. The van der Waals surface area contributed by atoms with E-state index < -0.39 is 5.41 Å². The van der Waals surface area contributed by atoms with Crippen LogP contribution in [0.15, 0.2) is 197 Å². The number of furan rings is 1. The summed E-state index contributed by atoms with van der Waals surface area (Å²) < 4.78 is 9.35. The molecule has 304 valence electrons. The zero-order valence-corrected chi connectivity index (χ0v) is 36.1. The zero-order valence-electron chi connectivity index (χ0n) is 35.3. The second-order valence-corrected chi connectivity index (χ2v) is 17.7. The average molecular weight is 833 g/mol. The molecule has 3 aromatic heterocycles. The van der Waals surface area contributed by atoms with E-state index in [4.69, 9.17) is 19.4 Å². The molecule has 2 bridgehead atoms. The molecule has 1 aliphatic carbocycles. The Morgan fingerprint density at radius 3 is 2.38 bits per heavy atom. The largest absolute Gasteiger partial charge is 0.455 e. The highest BCUT2D eigenvalue weighted by Crippen LogP contribution is 2.46. The lowest BCUT2D eigenvalue weighted by Gasteiger charge is -2.29. The van der Waals surface area contributed by atoms with Gasteiger partial charge >= 0.3 is 0 Å². The van der Waals surface area contributed by atoms with Crippen molar-refractivity contribution in [3.63, 3.8) is 0 Å². The Hall–Kier alpha value is -7.28. The second kappa shape index (κ2) is 15.6. The van der Waals surface area contributed by atoms with E-state index in [-0.39, 0.29) is 5.92 Å². The monoisotopic (exact) mass is 832 g/mol. The first-order chi connectivity index (χ1) is 30.9. The van der Waals surface area contributed by atoms with Crippen LogP contribution in [0.4, 0.5) is 0 Å². The highest BCUT2D eigenvalue weighted by Gasteiger charge is 2.35. The minimum atomic E-state index is -0.606. The quantitative estimate of drug-likeness (QED) is 0.143. The average Bonchev–Trinajstić information content (AvgIpc) is 3.87. The number of hydrogen-bond acceptors (Lipinski definition) is 5.